The Balaban J connectivity index is 2.82. The molecule has 2 atom stereocenters. The van der Waals surface area contributed by atoms with Crippen LogP contribution in [0.5, 0.6) is 0 Å². The highest BCUT2D eigenvalue weighted by Gasteiger charge is 2.26. The van der Waals surface area contributed by atoms with Crippen LogP contribution in [0.2, 0.25) is 0 Å². The maximum Gasteiger partial charge on any atom is 0.331 e. The average molecular weight is 340 g/mol. The van der Waals surface area contributed by atoms with Gasteiger partial charge in [0.15, 0.2) is 6.04 Å². The van der Waals surface area contributed by atoms with Gasteiger partial charge in [-0.2, -0.15) is 0 Å². The Labute approximate surface area is 125 Å². The molecule has 106 valence electrons. The van der Waals surface area contributed by atoms with Crippen molar-refractivity contribution in [3.05, 3.63) is 35.4 Å². The van der Waals surface area contributed by atoms with E-state index in [9.17, 15) is 14.7 Å². The van der Waals surface area contributed by atoms with Crippen molar-refractivity contribution in [2.45, 2.75) is 19.1 Å². The maximum absolute atomic E-state index is 12.0. The van der Waals surface area contributed by atoms with E-state index in [0.717, 1.165) is 5.56 Å². The second kappa shape index (κ2) is 7.68. The summed E-state index contributed by atoms with van der Waals surface area (Å²) in [6.07, 6.45) is -1.05. The first-order chi connectivity index (χ1) is 9.49. The van der Waals surface area contributed by atoms with Crippen LogP contribution in [0.4, 0.5) is 0 Å². The topological polar surface area (TPSA) is 75.6 Å². The summed E-state index contributed by atoms with van der Waals surface area (Å²) in [5, 5.41) is 11.9. The molecule has 1 aromatic carbocycles. The molecule has 0 unspecified atom stereocenters. The number of nitrogens with one attached hydrogen (secondary N) is 1. The minimum Gasteiger partial charge on any atom is -0.467 e. The minimum atomic E-state index is -1.10. The zero-order valence-electron chi connectivity index (χ0n) is 11.0. The van der Waals surface area contributed by atoms with Gasteiger partial charge in [0, 0.05) is 27.1 Å². The standard InChI is InChI=1S/C14H14BrNO4/c1-9(17)12(14(19)20-2)16-13(18)11-5-3-10(4-6-11)7-8-15/h3-6,9,12,17H,1-2H3,(H,16,18)/t9-,12-/m0/s1. The van der Waals surface area contributed by atoms with E-state index in [4.69, 9.17) is 0 Å². The van der Waals surface area contributed by atoms with Gasteiger partial charge in [0.1, 0.15) is 0 Å². The lowest BCUT2D eigenvalue weighted by molar-refractivity contribution is -0.145. The number of esters is 1. The fourth-order valence-electron chi connectivity index (χ4n) is 1.49. The van der Waals surface area contributed by atoms with Crippen molar-refractivity contribution in [1.29, 1.82) is 0 Å². The zero-order chi connectivity index (χ0) is 15.1. The van der Waals surface area contributed by atoms with E-state index < -0.39 is 24.0 Å². The number of amides is 1. The molecule has 20 heavy (non-hydrogen) atoms. The summed E-state index contributed by atoms with van der Waals surface area (Å²) < 4.78 is 4.52. The van der Waals surface area contributed by atoms with Gasteiger partial charge in [0.25, 0.3) is 5.91 Å². The van der Waals surface area contributed by atoms with Crippen molar-refractivity contribution in [2.75, 3.05) is 7.11 Å². The van der Waals surface area contributed by atoms with Gasteiger partial charge in [0.2, 0.25) is 0 Å². The Hall–Kier alpha value is -1.84. The number of carbonyl (C=O) groups excluding carboxylic acids is 2. The third-order valence-corrected chi connectivity index (χ3v) is 2.76. The van der Waals surface area contributed by atoms with Gasteiger partial charge in [-0.1, -0.05) is 5.92 Å². The molecule has 0 aliphatic heterocycles. The Morgan fingerprint density at radius 2 is 1.95 bits per heavy atom. The molecular formula is C14H14BrNO4. The first kappa shape index (κ1) is 16.2. The molecule has 0 fully saturated rings. The highest BCUT2D eigenvalue weighted by atomic mass is 79.9. The number of benzene rings is 1. The third kappa shape index (κ3) is 4.37. The Kier molecular flexibility index (Phi) is 6.22. The molecule has 5 nitrogen and oxygen atoms in total. The predicted octanol–water partition coefficient (Wildman–Crippen LogP) is 1.04. The quantitative estimate of drug-likeness (QED) is 0.635. The van der Waals surface area contributed by atoms with Crippen LogP contribution in [-0.2, 0) is 9.53 Å². The van der Waals surface area contributed by atoms with E-state index in [0.29, 0.717) is 5.56 Å². The number of halogens is 1. The molecular weight excluding hydrogens is 326 g/mol. The number of hydrogen-bond acceptors (Lipinski definition) is 4. The van der Waals surface area contributed by atoms with E-state index in [2.05, 4.69) is 36.7 Å². The van der Waals surface area contributed by atoms with Crippen LogP contribution in [0.25, 0.3) is 0 Å². The van der Waals surface area contributed by atoms with Crippen molar-refractivity contribution in [1.82, 2.24) is 5.32 Å². The van der Waals surface area contributed by atoms with Crippen molar-refractivity contribution in [2.24, 2.45) is 0 Å². The largest absolute Gasteiger partial charge is 0.467 e. The SMILES string of the molecule is COC(=O)[C@@H](NC(=O)c1ccc(C#CBr)cc1)[C@H](C)O. The van der Waals surface area contributed by atoms with Gasteiger partial charge in [-0.3, -0.25) is 4.79 Å². The van der Waals surface area contributed by atoms with E-state index in [1.807, 2.05) is 0 Å². The third-order valence-electron chi connectivity index (χ3n) is 2.56. The maximum atomic E-state index is 12.0. The second-order valence-electron chi connectivity index (χ2n) is 4.01. The Bertz CT molecular complexity index is 543. The molecule has 0 heterocycles. The lowest BCUT2D eigenvalue weighted by atomic mass is 10.1. The molecule has 0 aromatic heterocycles. The van der Waals surface area contributed by atoms with Crippen LogP contribution >= 0.6 is 15.9 Å². The van der Waals surface area contributed by atoms with Crippen molar-refractivity contribution >= 4 is 27.8 Å². The average Bonchev–Trinajstić information content (AvgIpc) is 2.44. The molecule has 0 saturated heterocycles. The van der Waals surface area contributed by atoms with Gasteiger partial charge in [-0.05, 0) is 36.0 Å². The molecule has 0 radical (unpaired) electrons. The fourth-order valence-corrected chi connectivity index (χ4v) is 1.72. The molecule has 1 amide bonds. The molecule has 1 aromatic rings. The number of aliphatic hydroxyl groups excluding tert-OH is 1. The predicted molar refractivity (Wildman–Crippen MR) is 77.2 cm³/mol. The van der Waals surface area contributed by atoms with Crippen LogP contribution in [0.3, 0.4) is 0 Å². The smallest absolute Gasteiger partial charge is 0.331 e. The molecule has 6 heteroatoms. The highest BCUT2D eigenvalue weighted by Crippen LogP contribution is 2.05. The van der Waals surface area contributed by atoms with Crippen molar-refractivity contribution in [3.63, 3.8) is 0 Å². The van der Waals surface area contributed by atoms with Gasteiger partial charge in [-0.15, -0.1) is 0 Å². The number of ether oxygens (including phenoxy) is 1. The van der Waals surface area contributed by atoms with Crippen LogP contribution < -0.4 is 5.32 Å². The second-order valence-corrected chi connectivity index (χ2v) is 4.41. The lowest BCUT2D eigenvalue weighted by Crippen LogP contribution is -2.48. The number of methoxy groups -OCH3 is 1. The molecule has 2 N–H and O–H groups in total. The van der Waals surface area contributed by atoms with Gasteiger partial charge in [0.05, 0.1) is 13.2 Å². The summed E-state index contributed by atoms with van der Waals surface area (Å²) in [4.78, 5) is 26.0. The van der Waals surface area contributed by atoms with Crippen molar-refractivity contribution < 1.29 is 19.4 Å². The molecule has 0 saturated carbocycles. The number of carbonyl (C=O) groups is 2. The van der Waals surface area contributed by atoms with Crippen LogP contribution in [0.15, 0.2) is 24.3 Å². The van der Waals surface area contributed by atoms with Crippen molar-refractivity contribution in [3.8, 4) is 10.8 Å². The van der Waals surface area contributed by atoms with E-state index in [1.165, 1.54) is 14.0 Å². The lowest BCUT2D eigenvalue weighted by Gasteiger charge is -2.18. The van der Waals surface area contributed by atoms with E-state index >= 15 is 0 Å². The summed E-state index contributed by atoms with van der Waals surface area (Å²) in [5.74, 6) is 1.61. The van der Waals surface area contributed by atoms with Gasteiger partial charge < -0.3 is 15.2 Å². The van der Waals surface area contributed by atoms with E-state index in [-0.39, 0.29) is 0 Å². The van der Waals surface area contributed by atoms with E-state index in [1.54, 1.807) is 24.3 Å². The molecule has 0 bridgehead atoms. The van der Waals surface area contributed by atoms with Gasteiger partial charge >= 0.3 is 5.97 Å². The summed E-state index contributed by atoms with van der Waals surface area (Å²) in [6, 6.07) is 5.42. The summed E-state index contributed by atoms with van der Waals surface area (Å²) in [5.41, 5.74) is 1.11. The number of hydrogen-bond donors (Lipinski definition) is 2. The highest BCUT2D eigenvalue weighted by molar-refractivity contribution is 9.12. The minimum absolute atomic E-state index is 0.361. The Morgan fingerprint density at radius 3 is 2.40 bits per heavy atom. The monoisotopic (exact) mass is 339 g/mol. The molecule has 0 spiro atoms. The summed E-state index contributed by atoms with van der Waals surface area (Å²) in [6.45, 7) is 1.40. The van der Waals surface area contributed by atoms with Crippen LogP contribution in [0, 0.1) is 10.8 Å². The van der Waals surface area contributed by atoms with Crippen LogP contribution in [-0.4, -0.2) is 36.2 Å². The number of aliphatic hydroxyl groups is 1. The normalized spacial score (nSPS) is 12.6. The molecule has 0 aliphatic rings. The summed E-state index contributed by atoms with van der Waals surface area (Å²) in [7, 11) is 1.19. The number of rotatable bonds is 4. The van der Waals surface area contributed by atoms with Gasteiger partial charge in [-0.25, -0.2) is 4.79 Å². The first-order valence-electron chi connectivity index (χ1n) is 5.78. The Morgan fingerprint density at radius 1 is 1.35 bits per heavy atom. The fraction of sp³-hybridized carbons (Fsp3) is 0.286. The first-order valence-corrected chi connectivity index (χ1v) is 6.57. The summed E-state index contributed by atoms with van der Waals surface area (Å²) >= 11 is 2.99. The molecule has 0 aliphatic carbocycles. The zero-order valence-corrected chi connectivity index (χ0v) is 12.6. The molecule has 1 rings (SSSR count). The van der Waals surface area contributed by atoms with Crippen LogP contribution in [0.1, 0.15) is 22.8 Å².